The van der Waals surface area contributed by atoms with Gasteiger partial charge in [-0.05, 0) is 25.5 Å². The van der Waals surface area contributed by atoms with Gasteiger partial charge in [0.1, 0.15) is 6.07 Å². The van der Waals surface area contributed by atoms with E-state index in [-0.39, 0.29) is 0 Å². The van der Waals surface area contributed by atoms with Crippen molar-refractivity contribution in [1.82, 2.24) is 4.98 Å². The summed E-state index contributed by atoms with van der Waals surface area (Å²) in [5, 5.41) is 10.4. The first-order valence-electron chi connectivity index (χ1n) is 7.19. The first kappa shape index (κ1) is 13.9. The molecule has 0 bridgehead atoms. The van der Waals surface area contributed by atoms with Crippen LogP contribution < -0.4 is 9.80 Å². The van der Waals surface area contributed by atoms with Gasteiger partial charge in [0.05, 0.1) is 11.3 Å². The molecular weight excluding hydrogens is 280 g/mol. The maximum Gasteiger partial charge on any atom is 0.185 e. The van der Waals surface area contributed by atoms with Crippen LogP contribution in [0.25, 0.3) is 0 Å². The standard InChI is InChI=1S/C16H18N4S/c1-13-12-18-16(21-13)20-8-4-7-19(9-10-20)15-6-3-2-5-14(15)11-17/h2-3,5-6,12H,4,7-10H2,1H3. The van der Waals surface area contributed by atoms with Crippen molar-refractivity contribution >= 4 is 22.2 Å². The van der Waals surface area contributed by atoms with Gasteiger partial charge in [0.15, 0.2) is 5.13 Å². The molecule has 4 nitrogen and oxygen atoms in total. The summed E-state index contributed by atoms with van der Waals surface area (Å²) in [6.45, 7) is 5.98. The van der Waals surface area contributed by atoms with Crippen molar-refractivity contribution < 1.29 is 0 Å². The van der Waals surface area contributed by atoms with Gasteiger partial charge in [-0.15, -0.1) is 11.3 Å². The number of nitrogens with zero attached hydrogens (tertiary/aromatic N) is 4. The van der Waals surface area contributed by atoms with Crippen molar-refractivity contribution in [3.8, 4) is 6.07 Å². The second-order valence-corrected chi connectivity index (χ2v) is 6.42. The highest BCUT2D eigenvalue weighted by molar-refractivity contribution is 7.15. The lowest BCUT2D eigenvalue weighted by atomic mass is 10.1. The molecule has 5 heteroatoms. The summed E-state index contributed by atoms with van der Waals surface area (Å²) in [4.78, 5) is 10.4. The molecule has 0 atom stereocenters. The summed E-state index contributed by atoms with van der Waals surface area (Å²) in [7, 11) is 0. The molecule has 0 spiro atoms. The zero-order chi connectivity index (χ0) is 14.7. The Kier molecular flexibility index (Phi) is 4.07. The highest BCUT2D eigenvalue weighted by Crippen LogP contribution is 2.25. The van der Waals surface area contributed by atoms with Crippen LogP contribution in [0.5, 0.6) is 0 Å². The molecule has 1 saturated heterocycles. The first-order valence-corrected chi connectivity index (χ1v) is 8.01. The van der Waals surface area contributed by atoms with Gasteiger partial charge in [0.2, 0.25) is 0 Å². The fraction of sp³-hybridized carbons (Fsp3) is 0.375. The van der Waals surface area contributed by atoms with Gasteiger partial charge in [-0.3, -0.25) is 0 Å². The second-order valence-electron chi connectivity index (χ2n) is 5.21. The summed E-state index contributed by atoms with van der Waals surface area (Å²) in [5.41, 5.74) is 1.81. The van der Waals surface area contributed by atoms with Crippen molar-refractivity contribution in [2.75, 3.05) is 36.0 Å². The Bertz CT molecular complexity index is 658. The van der Waals surface area contributed by atoms with Crippen molar-refractivity contribution in [3.05, 3.63) is 40.9 Å². The van der Waals surface area contributed by atoms with E-state index in [1.165, 1.54) is 4.88 Å². The molecule has 0 saturated carbocycles. The average Bonchev–Trinajstić information content (AvgIpc) is 2.81. The molecule has 2 heterocycles. The van der Waals surface area contributed by atoms with Crippen molar-refractivity contribution in [2.45, 2.75) is 13.3 Å². The number of anilines is 2. The first-order chi connectivity index (χ1) is 10.3. The van der Waals surface area contributed by atoms with E-state index in [0.717, 1.165) is 49.0 Å². The topological polar surface area (TPSA) is 43.2 Å². The molecule has 21 heavy (non-hydrogen) atoms. The van der Waals surface area contributed by atoms with E-state index in [1.807, 2.05) is 30.5 Å². The lowest BCUT2D eigenvalue weighted by molar-refractivity contribution is 0.804. The van der Waals surface area contributed by atoms with Crippen LogP contribution in [-0.4, -0.2) is 31.2 Å². The van der Waals surface area contributed by atoms with E-state index >= 15 is 0 Å². The molecule has 1 aromatic carbocycles. The third kappa shape index (κ3) is 3.01. The van der Waals surface area contributed by atoms with E-state index in [4.69, 9.17) is 0 Å². The number of aryl methyl sites for hydroxylation is 1. The summed E-state index contributed by atoms with van der Waals surface area (Å²) in [5.74, 6) is 0. The summed E-state index contributed by atoms with van der Waals surface area (Å²) in [6.07, 6.45) is 3.02. The van der Waals surface area contributed by atoms with Gasteiger partial charge >= 0.3 is 0 Å². The minimum atomic E-state index is 0.760. The lowest BCUT2D eigenvalue weighted by Crippen LogP contribution is -2.31. The number of para-hydroxylation sites is 1. The van der Waals surface area contributed by atoms with Gasteiger partial charge in [0, 0.05) is 37.3 Å². The molecule has 1 fully saturated rings. The zero-order valence-electron chi connectivity index (χ0n) is 12.1. The molecule has 1 aromatic heterocycles. The van der Waals surface area contributed by atoms with Crippen LogP contribution in [0, 0.1) is 18.3 Å². The number of rotatable bonds is 2. The quantitative estimate of drug-likeness (QED) is 0.854. The number of thiazole rings is 1. The molecule has 0 amide bonds. The highest BCUT2D eigenvalue weighted by Gasteiger charge is 2.18. The largest absolute Gasteiger partial charge is 0.369 e. The number of nitriles is 1. The van der Waals surface area contributed by atoms with Crippen molar-refractivity contribution in [2.24, 2.45) is 0 Å². The smallest absolute Gasteiger partial charge is 0.185 e. The van der Waals surface area contributed by atoms with E-state index < -0.39 is 0 Å². The summed E-state index contributed by atoms with van der Waals surface area (Å²) in [6, 6.07) is 10.2. The van der Waals surface area contributed by atoms with Crippen LogP contribution in [0.1, 0.15) is 16.9 Å². The summed E-state index contributed by atoms with van der Waals surface area (Å²) < 4.78 is 0. The monoisotopic (exact) mass is 298 g/mol. The molecule has 0 unspecified atom stereocenters. The van der Waals surface area contributed by atoms with Crippen LogP contribution in [-0.2, 0) is 0 Å². The lowest BCUT2D eigenvalue weighted by Gasteiger charge is -2.24. The van der Waals surface area contributed by atoms with Gasteiger partial charge in [0.25, 0.3) is 0 Å². The fourth-order valence-corrected chi connectivity index (χ4v) is 3.49. The Labute approximate surface area is 129 Å². The number of aromatic nitrogens is 1. The van der Waals surface area contributed by atoms with Crippen LogP contribution in [0.3, 0.4) is 0 Å². The molecular formula is C16H18N4S. The van der Waals surface area contributed by atoms with E-state index in [1.54, 1.807) is 11.3 Å². The molecule has 2 aromatic rings. The SMILES string of the molecule is Cc1cnc(N2CCCN(c3ccccc3C#N)CC2)s1. The molecule has 0 radical (unpaired) electrons. The van der Waals surface area contributed by atoms with Crippen LogP contribution in [0.2, 0.25) is 0 Å². The Morgan fingerprint density at radius 1 is 1.14 bits per heavy atom. The maximum absolute atomic E-state index is 9.26. The number of hydrogen-bond acceptors (Lipinski definition) is 5. The number of benzene rings is 1. The van der Waals surface area contributed by atoms with Crippen LogP contribution >= 0.6 is 11.3 Å². The predicted molar refractivity (Wildman–Crippen MR) is 87.1 cm³/mol. The van der Waals surface area contributed by atoms with Gasteiger partial charge in [-0.25, -0.2) is 4.98 Å². The van der Waals surface area contributed by atoms with E-state index in [2.05, 4.69) is 27.8 Å². The van der Waals surface area contributed by atoms with Gasteiger partial charge < -0.3 is 9.80 Å². The molecule has 0 aliphatic carbocycles. The Balaban J connectivity index is 1.75. The molecule has 1 aliphatic rings. The second kappa shape index (κ2) is 6.15. The molecule has 0 N–H and O–H groups in total. The highest BCUT2D eigenvalue weighted by atomic mass is 32.1. The molecule has 108 valence electrons. The minimum Gasteiger partial charge on any atom is -0.369 e. The third-order valence-electron chi connectivity index (χ3n) is 3.74. The van der Waals surface area contributed by atoms with Crippen molar-refractivity contribution in [3.63, 3.8) is 0 Å². The van der Waals surface area contributed by atoms with E-state index in [0.29, 0.717) is 0 Å². The average molecular weight is 298 g/mol. The van der Waals surface area contributed by atoms with Gasteiger partial charge in [-0.2, -0.15) is 5.26 Å². The van der Waals surface area contributed by atoms with Gasteiger partial charge in [-0.1, -0.05) is 12.1 Å². The Hall–Kier alpha value is -2.06. The maximum atomic E-state index is 9.26. The predicted octanol–water partition coefficient (Wildman–Crippen LogP) is 3.04. The van der Waals surface area contributed by atoms with E-state index in [9.17, 15) is 5.26 Å². The normalized spacial score (nSPS) is 15.6. The Morgan fingerprint density at radius 3 is 2.67 bits per heavy atom. The van der Waals surface area contributed by atoms with Crippen LogP contribution in [0.4, 0.5) is 10.8 Å². The molecule has 1 aliphatic heterocycles. The minimum absolute atomic E-state index is 0.760. The zero-order valence-corrected chi connectivity index (χ0v) is 12.9. The number of hydrogen-bond donors (Lipinski definition) is 0. The Morgan fingerprint density at radius 2 is 1.90 bits per heavy atom. The van der Waals surface area contributed by atoms with Crippen molar-refractivity contribution in [1.29, 1.82) is 5.26 Å². The fourth-order valence-electron chi connectivity index (χ4n) is 2.68. The molecule has 3 rings (SSSR count). The van der Waals surface area contributed by atoms with Crippen LogP contribution in [0.15, 0.2) is 30.5 Å². The summed E-state index contributed by atoms with van der Waals surface area (Å²) >= 11 is 1.75. The third-order valence-corrected chi connectivity index (χ3v) is 4.71.